The van der Waals surface area contributed by atoms with E-state index in [0.29, 0.717) is 19.0 Å². The minimum absolute atomic E-state index is 0.262. The van der Waals surface area contributed by atoms with Crippen LogP contribution in [0.25, 0.3) is 0 Å². The van der Waals surface area contributed by atoms with Gasteiger partial charge in [0.25, 0.3) is 0 Å². The van der Waals surface area contributed by atoms with Gasteiger partial charge in [0.05, 0.1) is 5.25 Å². The van der Waals surface area contributed by atoms with Crippen molar-refractivity contribution >= 4 is 15.7 Å². The van der Waals surface area contributed by atoms with Gasteiger partial charge in [-0.15, -0.1) is 0 Å². The fraction of sp³-hybridized carbons (Fsp3) is 0.714. The number of nitrogens with zero attached hydrogens (tertiary/aromatic N) is 3. The summed E-state index contributed by atoms with van der Waals surface area (Å²) in [6.07, 6.45) is 1.30. The molecular formula is C14H23N3O2S. The van der Waals surface area contributed by atoms with E-state index in [4.69, 9.17) is 0 Å². The summed E-state index contributed by atoms with van der Waals surface area (Å²) < 4.78 is 23.0. The largest absolute Gasteiger partial charge is 0.354 e. The van der Waals surface area contributed by atoms with Crippen LogP contribution in [-0.4, -0.2) is 43.0 Å². The van der Waals surface area contributed by atoms with Crippen molar-refractivity contribution in [2.24, 2.45) is 0 Å². The van der Waals surface area contributed by atoms with Gasteiger partial charge in [0, 0.05) is 37.0 Å². The van der Waals surface area contributed by atoms with Crippen LogP contribution >= 0.6 is 0 Å². The summed E-state index contributed by atoms with van der Waals surface area (Å²) in [4.78, 5) is 11.2. The Balaban J connectivity index is 2.25. The average molecular weight is 297 g/mol. The minimum atomic E-state index is -2.94. The molecule has 1 saturated heterocycles. The topological polar surface area (TPSA) is 63.2 Å². The van der Waals surface area contributed by atoms with Crippen molar-refractivity contribution in [3.8, 4) is 0 Å². The zero-order valence-electron chi connectivity index (χ0n) is 12.8. The van der Waals surface area contributed by atoms with Crippen molar-refractivity contribution in [3.05, 3.63) is 17.6 Å². The van der Waals surface area contributed by atoms with E-state index in [9.17, 15) is 8.42 Å². The van der Waals surface area contributed by atoms with Crippen molar-refractivity contribution < 1.29 is 8.42 Å². The maximum absolute atomic E-state index is 11.5. The number of aromatic nitrogens is 2. The van der Waals surface area contributed by atoms with Crippen LogP contribution in [0.3, 0.4) is 0 Å². The van der Waals surface area contributed by atoms with Gasteiger partial charge in [-0.1, -0.05) is 27.7 Å². The van der Waals surface area contributed by atoms with E-state index in [1.807, 2.05) is 11.0 Å². The lowest BCUT2D eigenvalue weighted by Crippen LogP contribution is -2.55. The van der Waals surface area contributed by atoms with Gasteiger partial charge < -0.3 is 4.90 Å². The van der Waals surface area contributed by atoms with Crippen LogP contribution in [0.4, 0.5) is 5.82 Å². The predicted octanol–water partition coefficient (Wildman–Crippen LogP) is 1.96. The molecule has 1 aromatic rings. The molecule has 0 aromatic carbocycles. The molecule has 6 heteroatoms. The van der Waals surface area contributed by atoms with Gasteiger partial charge in [0.15, 0.2) is 9.84 Å². The van der Waals surface area contributed by atoms with Crippen molar-refractivity contribution in [1.82, 2.24) is 9.97 Å². The molecule has 0 spiro atoms. The van der Waals surface area contributed by atoms with E-state index in [0.717, 1.165) is 17.3 Å². The summed E-state index contributed by atoms with van der Waals surface area (Å²) in [5.41, 5.74) is 1.02. The minimum Gasteiger partial charge on any atom is -0.354 e. The Labute approximate surface area is 121 Å². The fourth-order valence-corrected chi connectivity index (χ4v) is 2.98. The normalized spacial score (nSPS) is 16.9. The number of hydrogen-bond donors (Lipinski definition) is 0. The summed E-state index contributed by atoms with van der Waals surface area (Å²) in [6.45, 7) is 9.41. The first-order valence-corrected chi connectivity index (χ1v) is 8.96. The van der Waals surface area contributed by atoms with Crippen LogP contribution in [0, 0.1) is 0 Å². The Morgan fingerprint density at radius 1 is 1.15 bits per heavy atom. The maximum atomic E-state index is 11.5. The van der Waals surface area contributed by atoms with E-state index in [1.165, 1.54) is 6.26 Å². The SMILES string of the molecule is CC(C)c1cc(N2CC(S(C)(=O)=O)C2)nc(C(C)C)n1. The predicted molar refractivity (Wildman–Crippen MR) is 81.1 cm³/mol. The first-order valence-electron chi connectivity index (χ1n) is 7.01. The molecule has 1 aliphatic rings. The monoisotopic (exact) mass is 297 g/mol. The highest BCUT2D eigenvalue weighted by Gasteiger charge is 2.35. The molecule has 0 atom stereocenters. The summed E-state index contributed by atoms with van der Waals surface area (Å²) in [7, 11) is -2.94. The van der Waals surface area contributed by atoms with Crippen LogP contribution in [0.2, 0.25) is 0 Å². The number of sulfone groups is 1. The Hall–Kier alpha value is -1.17. The van der Waals surface area contributed by atoms with Crippen molar-refractivity contribution in [3.63, 3.8) is 0 Å². The van der Waals surface area contributed by atoms with E-state index >= 15 is 0 Å². The third-order valence-corrected chi connectivity index (χ3v) is 5.14. The van der Waals surface area contributed by atoms with Crippen LogP contribution in [0.15, 0.2) is 6.07 Å². The molecule has 0 N–H and O–H groups in total. The molecule has 0 radical (unpaired) electrons. The molecule has 20 heavy (non-hydrogen) atoms. The molecule has 5 nitrogen and oxygen atoms in total. The van der Waals surface area contributed by atoms with Crippen molar-refractivity contribution in [1.29, 1.82) is 0 Å². The molecule has 112 valence electrons. The molecule has 2 heterocycles. The first-order chi connectivity index (χ1) is 9.18. The lowest BCUT2D eigenvalue weighted by atomic mass is 10.1. The zero-order chi connectivity index (χ0) is 15.1. The van der Waals surface area contributed by atoms with E-state index < -0.39 is 9.84 Å². The molecule has 0 amide bonds. The van der Waals surface area contributed by atoms with Gasteiger partial charge in [0.2, 0.25) is 0 Å². The van der Waals surface area contributed by atoms with Gasteiger partial charge in [-0.25, -0.2) is 18.4 Å². The lowest BCUT2D eigenvalue weighted by Gasteiger charge is -2.39. The van der Waals surface area contributed by atoms with Gasteiger partial charge in [-0.05, 0) is 5.92 Å². The molecule has 1 fully saturated rings. The number of anilines is 1. The Kier molecular flexibility index (Phi) is 4.04. The van der Waals surface area contributed by atoms with Crippen LogP contribution < -0.4 is 4.90 Å². The molecule has 1 aromatic heterocycles. The smallest absolute Gasteiger partial charge is 0.153 e. The maximum Gasteiger partial charge on any atom is 0.153 e. The van der Waals surface area contributed by atoms with Gasteiger partial charge in [-0.2, -0.15) is 0 Å². The second-order valence-electron chi connectivity index (χ2n) is 6.18. The van der Waals surface area contributed by atoms with Crippen LogP contribution in [0.5, 0.6) is 0 Å². The summed E-state index contributed by atoms with van der Waals surface area (Å²) in [5.74, 6) is 2.28. The average Bonchev–Trinajstić information content (AvgIpc) is 2.24. The number of rotatable bonds is 4. The van der Waals surface area contributed by atoms with Gasteiger partial charge in [0.1, 0.15) is 11.6 Å². The molecule has 0 unspecified atom stereocenters. The van der Waals surface area contributed by atoms with Crippen LogP contribution in [0.1, 0.15) is 51.0 Å². The Bertz CT molecular complexity index is 564. The standard InChI is InChI=1S/C14H23N3O2S/c1-9(2)12-6-13(16-14(15-12)10(3)4)17-7-11(8-17)20(5,18)19/h6,9-11H,7-8H2,1-5H3. The third-order valence-electron chi connectivity index (χ3n) is 3.64. The molecule has 2 rings (SSSR count). The highest BCUT2D eigenvalue weighted by atomic mass is 32.2. The number of hydrogen-bond acceptors (Lipinski definition) is 5. The molecule has 0 aliphatic carbocycles. The summed E-state index contributed by atoms with van der Waals surface area (Å²) in [6, 6.07) is 1.98. The molecular weight excluding hydrogens is 274 g/mol. The first kappa shape index (κ1) is 15.2. The van der Waals surface area contributed by atoms with Crippen LogP contribution in [-0.2, 0) is 9.84 Å². The summed E-state index contributed by atoms with van der Waals surface area (Å²) >= 11 is 0. The van der Waals surface area contributed by atoms with E-state index in [2.05, 4.69) is 37.7 Å². The summed E-state index contributed by atoms with van der Waals surface area (Å²) in [5, 5.41) is -0.262. The lowest BCUT2D eigenvalue weighted by molar-refractivity contribution is 0.542. The molecule has 0 saturated carbocycles. The van der Waals surface area contributed by atoms with Gasteiger partial charge >= 0.3 is 0 Å². The Morgan fingerprint density at radius 2 is 1.75 bits per heavy atom. The highest BCUT2D eigenvalue weighted by Crippen LogP contribution is 2.26. The van der Waals surface area contributed by atoms with Gasteiger partial charge in [-0.3, -0.25) is 0 Å². The fourth-order valence-electron chi connectivity index (χ4n) is 2.08. The molecule has 0 bridgehead atoms. The highest BCUT2D eigenvalue weighted by molar-refractivity contribution is 7.91. The second kappa shape index (κ2) is 5.31. The Morgan fingerprint density at radius 3 is 2.20 bits per heavy atom. The second-order valence-corrected chi connectivity index (χ2v) is 8.50. The van der Waals surface area contributed by atoms with E-state index in [1.54, 1.807) is 0 Å². The molecule has 1 aliphatic heterocycles. The quantitative estimate of drug-likeness (QED) is 0.850. The van der Waals surface area contributed by atoms with E-state index in [-0.39, 0.29) is 11.2 Å². The third kappa shape index (κ3) is 3.11. The zero-order valence-corrected chi connectivity index (χ0v) is 13.6. The van der Waals surface area contributed by atoms with Crippen molar-refractivity contribution in [2.75, 3.05) is 24.2 Å². The van der Waals surface area contributed by atoms with Crippen molar-refractivity contribution in [2.45, 2.75) is 44.8 Å².